The molecule has 0 aliphatic carbocycles. The van der Waals surface area contributed by atoms with Gasteiger partial charge in [0.1, 0.15) is 11.8 Å². The van der Waals surface area contributed by atoms with Crippen molar-refractivity contribution in [2.75, 3.05) is 14.1 Å². The molecule has 1 fully saturated rings. The minimum atomic E-state index is -2.15. The van der Waals surface area contributed by atoms with Gasteiger partial charge in [0.25, 0.3) is 11.6 Å². The maximum absolute atomic E-state index is 13.3. The van der Waals surface area contributed by atoms with Gasteiger partial charge in [0.2, 0.25) is 11.6 Å². The number of nitrogens with one attached hydrogen (secondary N) is 1. The molecule has 2 aromatic carbocycles. The summed E-state index contributed by atoms with van der Waals surface area (Å²) in [6, 6.07) is 8.20. The van der Waals surface area contributed by atoms with Crippen LogP contribution < -0.4 is 0 Å². The molecule has 10 nitrogen and oxygen atoms in total. The molecule has 0 bridgehead atoms. The lowest BCUT2D eigenvalue weighted by atomic mass is 9.92. The number of likely N-dealkylation sites (N-methyl/N-ethyl adjacent to an activating group) is 2. The van der Waals surface area contributed by atoms with Gasteiger partial charge in [0.15, 0.2) is 0 Å². The third kappa shape index (κ3) is 3.83. The number of phenols is 1. The average Bonchev–Trinajstić information content (AvgIpc) is 3.16. The number of halogens is 1. The maximum atomic E-state index is 13.3. The number of aromatic amines is 1. The molecule has 2 heterocycles. The van der Waals surface area contributed by atoms with E-state index in [2.05, 4.69) is 20.9 Å². The highest BCUT2D eigenvalue weighted by Gasteiger charge is 2.53. The van der Waals surface area contributed by atoms with E-state index in [1.54, 1.807) is 24.4 Å². The zero-order valence-corrected chi connectivity index (χ0v) is 19.4. The van der Waals surface area contributed by atoms with Gasteiger partial charge >= 0.3 is 0 Å². The van der Waals surface area contributed by atoms with E-state index >= 15 is 0 Å². The molecule has 33 heavy (non-hydrogen) atoms. The first-order chi connectivity index (χ1) is 15.5. The van der Waals surface area contributed by atoms with Crippen molar-refractivity contribution in [3.05, 3.63) is 68.3 Å². The van der Waals surface area contributed by atoms with Gasteiger partial charge in [-0.1, -0.05) is 22.0 Å². The van der Waals surface area contributed by atoms with E-state index in [9.17, 15) is 29.9 Å². The Morgan fingerprint density at radius 3 is 2.64 bits per heavy atom. The topological polar surface area (TPSA) is 140 Å². The Morgan fingerprint density at radius 2 is 1.97 bits per heavy atom. The number of carbonyl (C=O) groups excluding carboxylic acids is 2. The number of hydrogen-bond acceptors (Lipinski definition) is 6. The van der Waals surface area contributed by atoms with Crippen LogP contribution in [0.4, 0.5) is 5.69 Å². The minimum Gasteiger partial charge on any atom is -0.508 e. The Hall–Kier alpha value is -3.44. The number of non-ortho nitro benzene ring substituents is 1. The normalized spacial score (nSPS) is 21.2. The highest BCUT2D eigenvalue weighted by atomic mass is 79.9. The zero-order valence-electron chi connectivity index (χ0n) is 17.8. The van der Waals surface area contributed by atoms with Crippen molar-refractivity contribution in [1.29, 1.82) is 0 Å². The van der Waals surface area contributed by atoms with Crippen molar-refractivity contribution in [2.45, 2.75) is 24.6 Å². The van der Waals surface area contributed by atoms with Crippen LogP contribution in [0, 0.1) is 10.1 Å². The molecular weight excluding hydrogens is 496 g/mol. The molecule has 1 aliphatic rings. The molecule has 0 radical (unpaired) electrons. The Kier molecular flexibility index (Phi) is 5.62. The number of fused-ring (bicyclic) bond motifs is 1. The van der Waals surface area contributed by atoms with Gasteiger partial charge in [-0.15, -0.1) is 0 Å². The summed E-state index contributed by atoms with van der Waals surface area (Å²) in [5.41, 5.74) is -0.722. The predicted octanol–water partition coefficient (Wildman–Crippen LogP) is 2.32. The summed E-state index contributed by atoms with van der Waals surface area (Å²) in [7, 11) is 2.76. The number of nitrogens with zero attached hydrogens (tertiary/aromatic N) is 3. The van der Waals surface area contributed by atoms with E-state index in [4.69, 9.17) is 0 Å². The summed E-state index contributed by atoms with van der Waals surface area (Å²) in [5, 5.41) is 33.0. The van der Waals surface area contributed by atoms with Crippen LogP contribution in [0.3, 0.4) is 0 Å². The highest BCUT2D eigenvalue weighted by molar-refractivity contribution is 9.10. The molecule has 3 N–H and O–H groups in total. The van der Waals surface area contributed by atoms with E-state index in [1.165, 1.54) is 37.2 Å². The Balaban J connectivity index is 1.66. The number of aromatic hydroxyl groups is 1. The fraction of sp³-hybridized carbons (Fsp3) is 0.273. The van der Waals surface area contributed by atoms with Crippen LogP contribution in [0.25, 0.3) is 10.9 Å². The number of phenolic OH excluding ortho intramolecular Hbond substituents is 1. The van der Waals surface area contributed by atoms with Crippen LogP contribution in [0.15, 0.2) is 47.1 Å². The van der Waals surface area contributed by atoms with Crippen LogP contribution >= 0.6 is 15.9 Å². The van der Waals surface area contributed by atoms with Gasteiger partial charge < -0.3 is 25.0 Å². The van der Waals surface area contributed by atoms with Crippen molar-refractivity contribution in [3.63, 3.8) is 0 Å². The lowest BCUT2D eigenvalue weighted by molar-refractivity contribution is -0.383. The molecular formula is C22H21BrN4O6. The van der Waals surface area contributed by atoms with Gasteiger partial charge in [-0.3, -0.25) is 19.7 Å². The first kappa shape index (κ1) is 22.7. The van der Waals surface area contributed by atoms with Crippen LogP contribution in [0.1, 0.15) is 11.1 Å². The molecule has 3 aromatic rings. The standard InChI is InChI=1S/C22H21BrN4O6/c1-25-18(8-13-11-24-16-4-3-5-17(19(13)16)27(32)33)20(29)26(2)22(31,21(25)30)10-12-6-14(23)9-15(28)7-12/h3-7,9,11,18,24,28,31H,8,10H2,1-2H3/t18-,22+/m0/s1. The van der Waals surface area contributed by atoms with Crippen molar-refractivity contribution in [2.24, 2.45) is 0 Å². The van der Waals surface area contributed by atoms with Crippen LogP contribution in [0.2, 0.25) is 0 Å². The quantitative estimate of drug-likeness (QED) is 0.351. The van der Waals surface area contributed by atoms with Gasteiger partial charge in [-0.05, 0) is 35.4 Å². The predicted molar refractivity (Wildman–Crippen MR) is 122 cm³/mol. The molecule has 0 unspecified atom stereocenters. The number of nitro benzene ring substituents is 1. The molecule has 11 heteroatoms. The van der Waals surface area contributed by atoms with Crippen molar-refractivity contribution in [1.82, 2.24) is 14.8 Å². The number of piperazine rings is 1. The minimum absolute atomic E-state index is 0.0318. The third-order valence-corrected chi connectivity index (χ3v) is 6.53. The van der Waals surface area contributed by atoms with E-state index in [0.717, 1.165) is 4.90 Å². The average molecular weight is 517 g/mol. The molecule has 0 saturated carbocycles. The molecule has 1 saturated heterocycles. The maximum Gasteiger partial charge on any atom is 0.279 e. The lowest BCUT2D eigenvalue weighted by Gasteiger charge is -2.47. The summed E-state index contributed by atoms with van der Waals surface area (Å²) < 4.78 is 0.561. The molecule has 2 amide bonds. The summed E-state index contributed by atoms with van der Waals surface area (Å²) >= 11 is 3.26. The molecule has 1 aliphatic heterocycles. The third-order valence-electron chi connectivity index (χ3n) is 6.07. The fourth-order valence-corrected chi connectivity index (χ4v) is 4.86. The Morgan fingerprint density at radius 1 is 1.24 bits per heavy atom. The molecule has 1 aromatic heterocycles. The second-order valence-corrected chi connectivity index (χ2v) is 9.03. The van der Waals surface area contributed by atoms with Gasteiger partial charge in [0.05, 0.1) is 15.8 Å². The van der Waals surface area contributed by atoms with E-state index < -0.39 is 28.5 Å². The van der Waals surface area contributed by atoms with Crippen molar-refractivity contribution >= 4 is 44.3 Å². The number of aromatic nitrogens is 1. The van der Waals surface area contributed by atoms with Crippen LogP contribution in [-0.4, -0.2) is 67.6 Å². The molecule has 172 valence electrons. The summed E-state index contributed by atoms with van der Waals surface area (Å²) in [4.78, 5) is 42.7. The Labute approximate surface area is 196 Å². The van der Waals surface area contributed by atoms with Crippen LogP contribution in [-0.2, 0) is 22.4 Å². The fourth-order valence-electron chi connectivity index (χ4n) is 4.33. The summed E-state index contributed by atoms with van der Waals surface area (Å²) in [6.07, 6.45) is 1.40. The SMILES string of the molecule is CN1C(=O)[C@](O)(Cc2cc(O)cc(Br)c2)N(C)C(=O)[C@@H]1Cc1c[nH]c2cccc([N+](=O)[O-])c12. The number of hydrogen-bond donors (Lipinski definition) is 3. The van der Waals surface area contributed by atoms with E-state index in [-0.39, 0.29) is 24.3 Å². The number of rotatable bonds is 5. The number of H-pyrrole nitrogens is 1. The smallest absolute Gasteiger partial charge is 0.279 e. The number of benzene rings is 2. The van der Waals surface area contributed by atoms with Gasteiger partial charge in [0, 0.05) is 43.7 Å². The van der Waals surface area contributed by atoms with Gasteiger partial charge in [-0.2, -0.15) is 0 Å². The summed E-state index contributed by atoms with van der Waals surface area (Å²) in [5.74, 6) is -1.25. The van der Waals surface area contributed by atoms with E-state index in [1.807, 2.05) is 0 Å². The largest absolute Gasteiger partial charge is 0.508 e. The Bertz CT molecular complexity index is 1270. The molecule has 4 rings (SSSR count). The van der Waals surface area contributed by atoms with Crippen molar-refractivity contribution < 1.29 is 24.7 Å². The number of nitro groups is 1. The molecule has 0 spiro atoms. The molecule has 2 atom stereocenters. The first-order valence-corrected chi connectivity index (χ1v) is 10.8. The van der Waals surface area contributed by atoms with Crippen LogP contribution in [0.5, 0.6) is 5.75 Å². The monoisotopic (exact) mass is 516 g/mol. The second-order valence-electron chi connectivity index (χ2n) is 8.12. The number of aliphatic hydroxyl groups is 1. The summed E-state index contributed by atoms with van der Waals surface area (Å²) in [6.45, 7) is 0. The van der Waals surface area contributed by atoms with Crippen molar-refractivity contribution in [3.8, 4) is 5.75 Å². The highest BCUT2D eigenvalue weighted by Crippen LogP contribution is 2.33. The van der Waals surface area contributed by atoms with Gasteiger partial charge in [-0.25, -0.2) is 0 Å². The lowest BCUT2D eigenvalue weighted by Crippen LogP contribution is -2.70. The second kappa shape index (κ2) is 8.16. The zero-order chi connectivity index (χ0) is 24.1. The first-order valence-electron chi connectivity index (χ1n) is 10.0. The number of amides is 2. The van der Waals surface area contributed by atoms with E-state index in [0.29, 0.717) is 26.5 Å². The number of carbonyl (C=O) groups is 2.